The number of anilines is 1. The molecular weight excluding hydrogens is 290 g/mol. The quantitative estimate of drug-likeness (QED) is 0.944. The third kappa shape index (κ3) is 3.13. The first-order chi connectivity index (χ1) is 10.3. The molecule has 0 bridgehead atoms. The van der Waals surface area contributed by atoms with E-state index in [1.54, 1.807) is 19.3 Å². The summed E-state index contributed by atoms with van der Waals surface area (Å²) in [4.78, 5) is 16.3. The minimum absolute atomic E-state index is 0.00555. The van der Waals surface area contributed by atoms with Gasteiger partial charge in [-0.25, -0.2) is 4.68 Å². The first kappa shape index (κ1) is 16.1. The van der Waals surface area contributed by atoms with Crippen molar-refractivity contribution < 1.29 is 13.6 Å². The Morgan fingerprint density at radius 1 is 1.23 bits per heavy atom. The molecule has 0 unspecified atom stereocenters. The smallest absolute Gasteiger partial charge is 0.325 e. The molecule has 0 aliphatic heterocycles. The molecule has 1 N–H and O–H groups in total. The summed E-state index contributed by atoms with van der Waals surface area (Å²) >= 11 is 0. The number of carbonyl (C=O) groups excluding carboxylic acids is 1. The molecule has 1 amide bonds. The van der Waals surface area contributed by atoms with E-state index in [9.17, 15) is 13.6 Å². The summed E-state index contributed by atoms with van der Waals surface area (Å²) in [5.41, 5.74) is 3.69. The molecule has 7 heteroatoms. The summed E-state index contributed by atoms with van der Waals surface area (Å²) in [6, 6.07) is 0. The van der Waals surface area contributed by atoms with Crippen molar-refractivity contribution in [2.75, 3.05) is 5.32 Å². The highest BCUT2D eigenvalue weighted by molar-refractivity contribution is 5.93. The van der Waals surface area contributed by atoms with Crippen LogP contribution in [0.25, 0.3) is 0 Å². The van der Waals surface area contributed by atoms with Crippen molar-refractivity contribution in [3.8, 4) is 0 Å². The maximum atomic E-state index is 12.8. The fourth-order valence-corrected chi connectivity index (χ4v) is 2.39. The number of nitrogens with zero attached hydrogens (tertiary/aromatic N) is 3. The van der Waals surface area contributed by atoms with Crippen LogP contribution >= 0.6 is 0 Å². The lowest BCUT2D eigenvalue weighted by atomic mass is 10.1. The summed E-state index contributed by atoms with van der Waals surface area (Å²) in [6.45, 7) is 4.15. The molecule has 2 rings (SSSR count). The van der Waals surface area contributed by atoms with E-state index in [0.29, 0.717) is 27.3 Å². The monoisotopic (exact) mass is 308 g/mol. The number of aromatic nitrogens is 3. The average molecular weight is 308 g/mol. The Hall–Kier alpha value is -2.31. The second-order valence-corrected chi connectivity index (χ2v) is 5.24. The van der Waals surface area contributed by atoms with Crippen LogP contribution in [0.4, 0.5) is 14.5 Å². The SMILES string of the molecule is Cc1cncc(C)c1NC(=O)Cc1c(C)nn(C(F)F)c1C. The lowest BCUT2D eigenvalue weighted by molar-refractivity contribution is -0.115. The van der Waals surface area contributed by atoms with Crippen molar-refractivity contribution in [1.29, 1.82) is 0 Å². The normalized spacial score (nSPS) is 11.0. The fraction of sp³-hybridized carbons (Fsp3) is 0.400. The minimum atomic E-state index is -2.71. The zero-order valence-electron chi connectivity index (χ0n) is 12.9. The number of amides is 1. The molecule has 0 radical (unpaired) electrons. The zero-order valence-corrected chi connectivity index (χ0v) is 12.9. The number of carbonyl (C=O) groups is 1. The van der Waals surface area contributed by atoms with Crippen LogP contribution in [0, 0.1) is 27.7 Å². The van der Waals surface area contributed by atoms with Gasteiger partial charge < -0.3 is 5.32 Å². The molecule has 22 heavy (non-hydrogen) atoms. The number of hydrogen-bond donors (Lipinski definition) is 1. The number of rotatable bonds is 4. The van der Waals surface area contributed by atoms with E-state index in [4.69, 9.17) is 0 Å². The van der Waals surface area contributed by atoms with E-state index in [1.165, 1.54) is 6.92 Å². The third-order valence-corrected chi connectivity index (χ3v) is 3.59. The number of halogens is 2. The van der Waals surface area contributed by atoms with Gasteiger partial charge in [-0.2, -0.15) is 13.9 Å². The van der Waals surface area contributed by atoms with Crippen molar-refractivity contribution >= 4 is 11.6 Å². The van der Waals surface area contributed by atoms with Gasteiger partial charge in [-0.1, -0.05) is 0 Å². The van der Waals surface area contributed by atoms with E-state index in [2.05, 4.69) is 15.4 Å². The Morgan fingerprint density at radius 3 is 2.32 bits per heavy atom. The van der Waals surface area contributed by atoms with Gasteiger partial charge in [0.2, 0.25) is 5.91 Å². The molecule has 0 saturated carbocycles. The summed E-state index contributed by atoms with van der Waals surface area (Å²) in [6.07, 6.45) is 3.33. The Labute approximate surface area is 127 Å². The topological polar surface area (TPSA) is 59.8 Å². The Morgan fingerprint density at radius 2 is 1.82 bits per heavy atom. The molecule has 0 aliphatic rings. The Kier molecular flexibility index (Phi) is 4.54. The maximum Gasteiger partial charge on any atom is 0.333 e. The van der Waals surface area contributed by atoms with E-state index in [0.717, 1.165) is 11.1 Å². The van der Waals surface area contributed by atoms with Crippen molar-refractivity contribution in [2.24, 2.45) is 0 Å². The number of aryl methyl sites for hydroxylation is 3. The molecule has 0 atom stereocenters. The van der Waals surface area contributed by atoms with E-state index < -0.39 is 6.55 Å². The zero-order chi connectivity index (χ0) is 16.4. The van der Waals surface area contributed by atoms with Crippen LogP contribution in [0.1, 0.15) is 34.6 Å². The standard InChI is InChI=1S/C15H18F2N4O/c1-8-6-18-7-9(2)14(8)19-13(22)5-12-10(3)20-21(11(12)4)15(16)17/h6-7,15H,5H2,1-4H3,(H,18,19,22). The summed E-state index contributed by atoms with van der Waals surface area (Å²) < 4.78 is 26.2. The molecule has 2 aromatic heterocycles. The van der Waals surface area contributed by atoms with Crippen LogP contribution in [0.3, 0.4) is 0 Å². The van der Waals surface area contributed by atoms with Crippen LogP contribution in [0.5, 0.6) is 0 Å². The van der Waals surface area contributed by atoms with Gasteiger partial charge in [0.25, 0.3) is 0 Å². The Bertz CT molecular complexity index is 690. The van der Waals surface area contributed by atoms with Crippen molar-refractivity contribution in [3.05, 3.63) is 40.5 Å². The lowest BCUT2D eigenvalue weighted by Gasteiger charge is -2.11. The van der Waals surface area contributed by atoms with Crippen molar-refractivity contribution in [2.45, 2.75) is 40.7 Å². The highest BCUT2D eigenvalue weighted by Gasteiger charge is 2.19. The van der Waals surface area contributed by atoms with Crippen LogP contribution in [-0.2, 0) is 11.2 Å². The van der Waals surface area contributed by atoms with Crippen LogP contribution in [0.15, 0.2) is 12.4 Å². The molecule has 5 nitrogen and oxygen atoms in total. The molecule has 2 heterocycles. The molecule has 118 valence electrons. The highest BCUT2D eigenvalue weighted by Crippen LogP contribution is 2.22. The van der Waals surface area contributed by atoms with Crippen LogP contribution < -0.4 is 5.32 Å². The molecular formula is C15H18F2N4O. The summed E-state index contributed by atoms with van der Waals surface area (Å²) in [7, 11) is 0. The average Bonchev–Trinajstić information content (AvgIpc) is 2.71. The van der Waals surface area contributed by atoms with Gasteiger partial charge in [0.1, 0.15) is 0 Å². The second-order valence-electron chi connectivity index (χ2n) is 5.24. The minimum Gasteiger partial charge on any atom is -0.325 e. The summed E-state index contributed by atoms with van der Waals surface area (Å²) in [5, 5.41) is 6.60. The molecule has 0 spiro atoms. The lowest BCUT2D eigenvalue weighted by Crippen LogP contribution is -2.17. The second kappa shape index (κ2) is 6.21. The summed E-state index contributed by atoms with van der Waals surface area (Å²) in [5.74, 6) is -0.266. The third-order valence-electron chi connectivity index (χ3n) is 3.59. The molecule has 0 aromatic carbocycles. The van der Waals surface area contributed by atoms with Gasteiger partial charge in [-0.05, 0) is 38.8 Å². The van der Waals surface area contributed by atoms with Gasteiger partial charge in [0.05, 0.1) is 12.1 Å². The molecule has 0 saturated heterocycles. The van der Waals surface area contributed by atoms with Gasteiger partial charge in [0, 0.05) is 29.3 Å². The van der Waals surface area contributed by atoms with Gasteiger partial charge in [-0.15, -0.1) is 0 Å². The van der Waals surface area contributed by atoms with Crippen molar-refractivity contribution in [1.82, 2.24) is 14.8 Å². The Balaban J connectivity index is 2.20. The van der Waals surface area contributed by atoms with E-state index in [1.807, 2.05) is 13.8 Å². The van der Waals surface area contributed by atoms with Gasteiger partial charge in [-0.3, -0.25) is 9.78 Å². The van der Waals surface area contributed by atoms with Crippen LogP contribution in [0.2, 0.25) is 0 Å². The van der Waals surface area contributed by atoms with Gasteiger partial charge in [0.15, 0.2) is 0 Å². The highest BCUT2D eigenvalue weighted by atomic mass is 19.3. The molecule has 2 aromatic rings. The fourth-order valence-electron chi connectivity index (χ4n) is 2.39. The van der Waals surface area contributed by atoms with Crippen LogP contribution in [-0.4, -0.2) is 20.7 Å². The first-order valence-electron chi connectivity index (χ1n) is 6.85. The van der Waals surface area contributed by atoms with E-state index in [-0.39, 0.29) is 12.3 Å². The number of alkyl halides is 2. The first-order valence-corrected chi connectivity index (χ1v) is 6.85. The van der Waals surface area contributed by atoms with Crippen molar-refractivity contribution in [3.63, 3.8) is 0 Å². The van der Waals surface area contributed by atoms with Gasteiger partial charge >= 0.3 is 6.55 Å². The number of hydrogen-bond acceptors (Lipinski definition) is 3. The predicted molar refractivity (Wildman–Crippen MR) is 79.0 cm³/mol. The number of nitrogens with one attached hydrogen (secondary N) is 1. The molecule has 0 fully saturated rings. The van der Waals surface area contributed by atoms with E-state index >= 15 is 0 Å². The largest absolute Gasteiger partial charge is 0.333 e. The molecule has 0 aliphatic carbocycles. The maximum absolute atomic E-state index is 12.8. The predicted octanol–water partition coefficient (Wildman–Crippen LogP) is 3.09. The number of pyridine rings is 1.